The van der Waals surface area contributed by atoms with E-state index in [9.17, 15) is 17.6 Å². The zero-order chi connectivity index (χ0) is 21.5. The lowest BCUT2D eigenvalue weighted by atomic mass is 9.65. The van der Waals surface area contributed by atoms with Crippen LogP contribution in [0.5, 0.6) is 5.75 Å². The van der Waals surface area contributed by atoms with Gasteiger partial charge in [-0.1, -0.05) is 24.1 Å². The molecule has 0 aromatic heterocycles. The Balaban J connectivity index is 1.60. The molecule has 1 heterocycles. The Labute approximate surface area is 179 Å². The maximum Gasteiger partial charge on any atom is 0.303 e. The molecule has 0 bridgehead atoms. The van der Waals surface area contributed by atoms with Crippen molar-refractivity contribution in [1.82, 2.24) is 0 Å². The minimum Gasteiger partial charge on any atom is -0.492 e. The van der Waals surface area contributed by atoms with Crippen molar-refractivity contribution < 1.29 is 27.4 Å². The van der Waals surface area contributed by atoms with Crippen molar-refractivity contribution in [1.29, 1.82) is 0 Å². The van der Waals surface area contributed by atoms with Crippen molar-refractivity contribution in [3.8, 4) is 5.75 Å². The van der Waals surface area contributed by atoms with Crippen LogP contribution in [0, 0.1) is 5.82 Å². The quantitative estimate of drug-likeness (QED) is 0.630. The second-order valence-electron chi connectivity index (χ2n) is 7.72. The van der Waals surface area contributed by atoms with Gasteiger partial charge in [-0.05, 0) is 49.6 Å². The highest BCUT2D eigenvalue weighted by molar-refractivity contribution is 7.92. The van der Waals surface area contributed by atoms with E-state index in [1.165, 1.54) is 34.6 Å². The molecular formula is C21H21ClFNO5S. The second kappa shape index (κ2) is 7.74. The number of carboxylic acid groups (broad SMARTS) is 1. The molecule has 1 spiro atoms. The lowest BCUT2D eigenvalue weighted by molar-refractivity contribution is -0.137. The lowest BCUT2D eigenvalue weighted by Crippen LogP contribution is -2.41. The first-order valence-electron chi connectivity index (χ1n) is 9.70. The standard InChI is InChI=1S/C21H21ClFNO5S/c22-15-12-14(7-8-18(15)29-11-2-6-19(25)26)30(27,28)24-13-21(9-3-10-21)20-16(23)4-1-5-17(20)24/h1,4-5,7-8,12H,2-3,6,9-11,13H2,(H,25,26). The van der Waals surface area contributed by atoms with Gasteiger partial charge in [-0.2, -0.15) is 0 Å². The summed E-state index contributed by atoms with van der Waals surface area (Å²) in [7, 11) is -3.94. The van der Waals surface area contributed by atoms with Crippen molar-refractivity contribution in [2.24, 2.45) is 0 Å². The molecule has 30 heavy (non-hydrogen) atoms. The van der Waals surface area contributed by atoms with Gasteiger partial charge in [-0.3, -0.25) is 9.10 Å². The average Bonchev–Trinajstić information content (AvgIpc) is 3.04. The molecule has 2 aliphatic rings. The number of aliphatic carboxylic acids is 1. The highest BCUT2D eigenvalue weighted by Crippen LogP contribution is 2.54. The van der Waals surface area contributed by atoms with Gasteiger partial charge in [0.1, 0.15) is 11.6 Å². The molecule has 0 radical (unpaired) electrons. The molecule has 1 saturated carbocycles. The van der Waals surface area contributed by atoms with Crippen LogP contribution in [0.25, 0.3) is 0 Å². The fraction of sp³-hybridized carbons (Fsp3) is 0.381. The monoisotopic (exact) mass is 453 g/mol. The molecule has 0 atom stereocenters. The van der Waals surface area contributed by atoms with Gasteiger partial charge in [0.15, 0.2) is 0 Å². The summed E-state index contributed by atoms with van der Waals surface area (Å²) in [5.74, 6) is -1.00. The smallest absolute Gasteiger partial charge is 0.303 e. The first-order chi connectivity index (χ1) is 14.2. The van der Waals surface area contributed by atoms with Crippen LogP contribution in [-0.4, -0.2) is 32.6 Å². The summed E-state index contributed by atoms with van der Waals surface area (Å²) in [6, 6.07) is 8.71. The zero-order valence-corrected chi connectivity index (χ0v) is 17.7. The van der Waals surface area contributed by atoms with E-state index >= 15 is 0 Å². The Morgan fingerprint density at radius 1 is 1.27 bits per heavy atom. The fourth-order valence-corrected chi connectivity index (χ4v) is 6.09. The lowest BCUT2D eigenvalue weighted by Gasteiger charge is -2.39. The minimum atomic E-state index is -3.94. The van der Waals surface area contributed by atoms with Crippen LogP contribution in [0.3, 0.4) is 0 Å². The van der Waals surface area contributed by atoms with Gasteiger partial charge in [-0.25, -0.2) is 12.8 Å². The summed E-state index contributed by atoms with van der Waals surface area (Å²) in [5, 5.41) is 8.78. The zero-order valence-electron chi connectivity index (χ0n) is 16.1. The normalized spacial score (nSPS) is 16.9. The number of rotatable bonds is 7. The summed E-state index contributed by atoms with van der Waals surface area (Å²) in [6.45, 7) is 0.371. The van der Waals surface area contributed by atoms with Crippen LogP contribution < -0.4 is 9.04 Å². The fourth-order valence-electron chi connectivity index (χ4n) is 4.20. The summed E-state index contributed by atoms with van der Waals surface area (Å²) >= 11 is 6.22. The molecule has 6 nitrogen and oxygen atoms in total. The molecule has 2 aromatic carbocycles. The van der Waals surface area contributed by atoms with Gasteiger partial charge in [0, 0.05) is 23.9 Å². The van der Waals surface area contributed by atoms with E-state index < -0.39 is 21.4 Å². The number of anilines is 1. The SMILES string of the molecule is O=C(O)CCCOc1ccc(S(=O)(=O)N2CC3(CCC3)c3c(F)cccc32)cc1Cl. The largest absolute Gasteiger partial charge is 0.492 e. The first kappa shape index (κ1) is 20.9. The van der Waals surface area contributed by atoms with Crippen LogP contribution in [0.4, 0.5) is 10.1 Å². The molecule has 4 rings (SSSR count). The molecular weight excluding hydrogens is 433 g/mol. The predicted octanol–water partition coefficient (Wildman–Crippen LogP) is 4.35. The van der Waals surface area contributed by atoms with E-state index in [-0.39, 0.29) is 41.1 Å². The Kier molecular flexibility index (Phi) is 5.40. The van der Waals surface area contributed by atoms with E-state index in [2.05, 4.69) is 0 Å². The third-order valence-corrected chi connectivity index (χ3v) is 7.88. The molecule has 0 amide bonds. The number of benzene rings is 2. The molecule has 1 aliphatic carbocycles. The van der Waals surface area contributed by atoms with Gasteiger partial charge >= 0.3 is 5.97 Å². The van der Waals surface area contributed by atoms with Crippen LogP contribution in [0.15, 0.2) is 41.3 Å². The Hall–Kier alpha value is -2.32. The predicted molar refractivity (Wildman–Crippen MR) is 110 cm³/mol. The maximum absolute atomic E-state index is 14.6. The minimum absolute atomic E-state index is 0.00280. The van der Waals surface area contributed by atoms with Gasteiger partial charge in [-0.15, -0.1) is 0 Å². The number of carboxylic acids is 1. The van der Waals surface area contributed by atoms with Gasteiger partial charge in [0.05, 0.1) is 22.2 Å². The van der Waals surface area contributed by atoms with Crippen molar-refractivity contribution in [3.63, 3.8) is 0 Å². The summed E-state index contributed by atoms with van der Waals surface area (Å²) in [6.07, 6.45) is 2.75. The Morgan fingerprint density at radius 3 is 2.67 bits per heavy atom. The highest BCUT2D eigenvalue weighted by Gasteiger charge is 2.51. The molecule has 2 aromatic rings. The number of sulfonamides is 1. The number of nitrogens with zero attached hydrogens (tertiary/aromatic N) is 1. The Morgan fingerprint density at radius 2 is 2.03 bits per heavy atom. The van der Waals surface area contributed by atoms with Crippen LogP contribution in [0.1, 0.15) is 37.7 Å². The number of halogens is 2. The van der Waals surface area contributed by atoms with E-state index in [1.807, 2.05) is 0 Å². The summed E-state index contributed by atoms with van der Waals surface area (Å²) < 4.78 is 48.1. The van der Waals surface area contributed by atoms with Crippen molar-refractivity contribution in [3.05, 3.63) is 52.8 Å². The number of hydrogen-bond acceptors (Lipinski definition) is 4. The number of hydrogen-bond donors (Lipinski definition) is 1. The summed E-state index contributed by atoms with van der Waals surface area (Å²) in [5.41, 5.74) is 0.425. The highest BCUT2D eigenvalue weighted by atomic mass is 35.5. The average molecular weight is 454 g/mol. The number of fused-ring (bicyclic) bond motifs is 2. The second-order valence-corrected chi connectivity index (χ2v) is 9.99. The van der Waals surface area contributed by atoms with Crippen LogP contribution in [-0.2, 0) is 20.2 Å². The molecule has 0 unspecified atom stereocenters. The van der Waals surface area contributed by atoms with E-state index in [0.717, 1.165) is 19.3 Å². The molecule has 0 saturated heterocycles. The van der Waals surface area contributed by atoms with Gasteiger partial charge in [0.25, 0.3) is 10.0 Å². The van der Waals surface area contributed by atoms with Crippen LogP contribution in [0.2, 0.25) is 5.02 Å². The van der Waals surface area contributed by atoms with Crippen molar-refractivity contribution in [2.45, 2.75) is 42.4 Å². The molecule has 1 fully saturated rings. The summed E-state index contributed by atoms with van der Waals surface area (Å²) in [4.78, 5) is 10.6. The van der Waals surface area contributed by atoms with E-state index in [4.69, 9.17) is 21.4 Å². The van der Waals surface area contributed by atoms with E-state index in [1.54, 1.807) is 6.07 Å². The van der Waals surface area contributed by atoms with Crippen LogP contribution >= 0.6 is 11.6 Å². The third kappa shape index (κ3) is 3.52. The number of carbonyl (C=O) groups is 1. The topological polar surface area (TPSA) is 83.9 Å². The van der Waals surface area contributed by atoms with E-state index in [0.29, 0.717) is 17.7 Å². The van der Waals surface area contributed by atoms with Gasteiger partial charge < -0.3 is 9.84 Å². The van der Waals surface area contributed by atoms with Crippen molar-refractivity contribution >= 4 is 33.3 Å². The number of ether oxygens (including phenoxy) is 1. The third-order valence-electron chi connectivity index (χ3n) is 5.83. The molecule has 9 heteroatoms. The van der Waals surface area contributed by atoms with Crippen molar-refractivity contribution in [2.75, 3.05) is 17.5 Å². The Bertz CT molecular complexity index is 1100. The molecule has 160 valence electrons. The van der Waals surface area contributed by atoms with Gasteiger partial charge in [0.2, 0.25) is 0 Å². The first-order valence-corrected chi connectivity index (χ1v) is 11.5. The molecule has 1 N–H and O–H groups in total. The molecule has 1 aliphatic heterocycles. The maximum atomic E-state index is 14.6.